The molecule has 0 atom stereocenters. The van der Waals surface area contributed by atoms with Crippen LogP contribution in [0.3, 0.4) is 0 Å². The van der Waals surface area contributed by atoms with Crippen LogP contribution in [0.2, 0.25) is 0 Å². The average molecular weight is 245 g/mol. The number of rotatable bonds is 2. The van der Waals surface area contributed by atoms with Crippen molar-refractivity contribution in [2.24, 2.45) is 0 Å². The van der Waals surface area contributed by atoms with Crippen LogP contribution >= 0.6 is 10.7 Å². The largest absolute Gasteiger partial charge is 0.264 e. The zero-order valence-corrected chi connectivity index (χ0v) is 8.12. The lowest BCUT2D eigenvalue weighted by Gasteiger charge is -2.02. The third-order valence-electron chi connectivity index (χ3n) is 1.47. The minimum atomic E-state index is -4.33. The molecule has 2 nitrogen and oxygen atoms in total. The molecule has 1 aromatic rings. The lowest BCUT2D eigenvalue weighted by atomic mass is 10.2. The summed E-state index contributed by atoms with van der Waals surface area (Å²) in [5, 5.41) is 0. The smallest absolute Gasteiger partial charge is 0.207 e. The Morgan fingerprint density at radius 1 is 1.29 bits per heavy atom. The molecule has 0 heterocycles. The number of benzene rings is 1. The number of halogens is 4. The van der Waals surface area contributed by atoms with Gasteiger partial charge in [0.2, 0.25) is 0 Å². The quantitative estimate of drug-likeness (QED) is 0.750. The first-order valence-corrected chi connectivity index (χ1v) is 5.65. The lowest BCUT2D eigenvalue weighted by molar-refractivity contribution is 0.151. The summed E-state index contributed by atoms with van der Waals surface area (Å²) in [6.07, 6.45) is -2.87. The summed E-state index contributed by atoms with van der Waals surface area (Å²) in [5.41, 5.74) is -0.592. The van der Waals surface area contributed by atoms with Gasteiger partial charge in [-0.2, -0.15) is 0 Å². The van der Waals surface area contributed by atoms with Crippen LogP contribution in [0.4, 0.5) is 13.2 Å². The summed E-state index contributed by atoms with van der Waals surface area (Å²) in [4.78, 5) is -0.933. The summed E-state index contributed by atoms with van der Waals surface area (Å²) >= 11 is 0. The second kappa shape index (κ2) is 3.78. The highest BCUT2D eigenvalue weighted by Gasteiger charge is 2.19. The summed E-state index contributed by atoms with van der Waals surface area (Å²) in [5.74, 6) is -1.15. The van der Waals surface area contributed by atoms with Gasteiger partial charge in [-0.1, -0.05) is 6.07 Å². The molecule has 78 valence electrons. The predicted octanol–water partition coefficient (Wildman–Crippen LogP) is 2.69. The van der Waals surface area contributed by atoms with Gasteiger partial charge in [0.15, 0.2) is 0 Å². The first-order chi connectivity index (χ1) is 6.32. The minimum absolute atomic E-state index is 0.516. The van der Waals surface area contributed by atoms with E-state index in [4.69, 9.17) is 10.7 Å². The van der Waals surface area contributed by atoms with Crippen LogP contribution in [0.25, 0.3) is 0 Å². The lowest BCUT2D eigenvalue weighted by Crippen LogP contribution is -1.97. The molecule has 0 unspecified atom stereocenters. The van der Waals surface area contributed by atoms with Gasteiger partial charge in [-0.3, -0.25) is 0 Å². The van der Waals surface area contributed by atoms with Crippen LogP contribution < -0.4 is 0 Å². The molecule has 14 heavy (non-hydrogen) atoms. The maximum absolute atomic E-state index is 12.8. The second-order valence-electron chi connectivity index (χ2n) is 2.43. The number of hydrogen-bond acceptors (Lipinski definition) is 2. The van der Waals surface area contributed by atoms with Crippen molar-refractivity contribution in [2.75, 3.05) is 0 Å². The molecule has 1 rings (SSSR count). The Balaban J connectivity index is 3.37. The van der Waals surface area contributed by atoms with Gasteiger partial charge in [-0.25, -0.2) is 21.6 Å². The van der Waals surface area contributed by atoms with Gasteiger partial charge in [-0.05, 0) is 12.1 Å². The Morgan fingerprint density at radius 2 is 1.86 bits per heavy atom. The Bertz CT molecular complexity index is 444. The van der Waals surface area contributed by atoms with Gasteiger partial charge in [0, 0.05) is 16.2 Å². The molecule has 0 saturated carbocycles. The Labute approximate surface area is 82.7 Å². The molecule has 0 radical (unpaired) electrons. The van der Waals surface area contributed by atoms with Crippen LogP contribution in [0.5, 0.6) is 0 Å². The van der Waals surface area contributed by atoms with Crippen molar-refractivity contribution in [3.8, 4) is 0 Å². The van der Waals surface area contributed by atoms with Crippen molar-refractivity contribution < 1.29 is 21.6 Å². The summed E-state index contributed by atoms with van der Waals surface area (Å²) in [6, 6.07) is 1.95. The molecule has 0 N–H and O–H groups in total. The molecule has 0 spiro atoms. The zero-order chi connectivity index (χ0) is 10.9. The van der Waals surface area contributed by atoms with Gasteiger partial charge in [-0.15, -0.1) is 0 Å². The number of hydrogen-bond donors (Lipinski definition) is 0. The molecule has 0 aliphatic rings. The monoisotopic (exact) mass is 244 g/mol. The maximum atomic E-state index is 12.8. The van der Waals surface area contributed by atoms with Crippen molar-refractivity contribution in [1.29, 1.82) is 0 Å². The fourth-order valence-corrected chi connectivity index (χ4v) is 1.78. The predicted molar refractivity (Wildman–Crippen MR) is 44.4 cm³/mol. The van der Waals surface area contributed by atoms with E-state index in [2.05, 4.69) is 0 Å². The Morgan fingerprint density at radius 3 is 2.29 bits per heavy atom. The van der Waals surface area contributed by atoms with Crippen molar-refractivity contribution in [2.45, 2.75) is 11.3 Å². The van der Waals surface area contributed by atoms with Crippen LogP contribution in [0.15, 0.2) is 23.1 Å². The van der Waals surface area contributed by atoms with Crippen molar-refractivity contribution >= 4 is 19.7 Å². The third kappa shape index (κ3) is 2.39. The molecule has 0 bridgehead atoms. The molecule has 0 aliphatic carbocycles. The van der Waals surface area contributed by atoms with Gasteiger partial charge >= 0.3 is 0 Å². The summed E-state index contributed by atoms with van der Waals surface area (Å²) in [7, 11) is 0.502. The Kier molecular flexibility index (Phi) is 3.06. The molecule has 0 amide bonds. The molecular weight excluding hydrogens is 241 g/mol. The van der Waals surface area contributed by atoms with Gasteiger partial charge in [0.25, 0.3) is 15.5 Å². The van der Waals surface area contributed by atoms with Crippen molar-refractivity contribution in [3.05, 3.63) is 29.6 Å². The highest BCUT2D eigenvalue weighted by atomic mass is 35.7. The second-order valence-corrected chi connectivity index (χ2v) is 4.96. The third-order valence-corrected chi connectivity index (χ3v) is 2.81. The summed E-state index contributed by atoms with van der Waals surface area (Å²) in [6.45, 7) is 0. The summed E-state index contributed by atoms with van der Waals surface area (Å²) < 4.78 is 58.5. The normalized spacial score (nSPS) is 12.1. The van der Waals surface area contributed by atoms with Crippen LogP contribution in [-0.2, 0) is 9.05 Å². The maximum Gasteiger partial charge on any atom is 0.264 e. The molecule has 0 aliphatic heterocycles. The highest BCUT2D eigenvalue weighted by molar-refractivity contribution is 8.13. The van der Waals surface area contributed by atoms with E-state index in [1.54, 1.807) is 0 Å². The van der Waals surface area contributed by atoms with E-state index in [1.807, 2.05) is 0 Å². The van der Waals surface area contributed by atoms with Crippen molar-refractivity contribution in [1.82, 2.24) is 0 Å². The Hall–Kier alpha value is -0.750. The molecule has 0 aromatic heterocycles. The molecule has 0 fully saturated rings. The van der Waals surface area contributed by atoms with E-state index in [9.17, 15) is 21.6 Å². The average Bonchev–Trinajstić information content (AvgIpc) is 2.02. The van der Waals surface area contributed by atoms with E-state index in [0.717, 1.165) is 6.07 Å². The van der Waals surface area contributed by atoms with Crippen molar-refractivity contribution in [3.63, 3.8) is 0 Å². The SMILES string of the molecule is O=S(=O)(Cl)c1cc(C(F)F)ccc1F. The standard InChI is InChI=1S/C7H4ClF3O2S/c8-14(12,13)6-3-4(7(10)11)1-2-5(6)9/h1-3,7H. The molecular formula is C7H4ClF3O2S. The molecule has 1 aromatic carbocycles. The number of alkyl halides is 2. The van der Waals surface area contributed by atoms with Crippen LogP contribution in [0, 0.1) is 5.82 Å². The topological polar surface area (TPSA) is 34.1 Å². The van der Waals surface area contributed by atoms with Gasteiger partial charge < -0.3 is 0 Å². The van der Waals surface area contributed by atoms with E-state index in [-0.39, 0.29) is 0 Å². The van der Waals surface area contributed by atoms with Gasteiger partial charge in [0.05, 0.1) is 0 Å². The van der Waals surface area contributed by atoms with Crippen LogP contribution in [-0.4, -0.2) is 8.42 Å². The molecule has 0 saturated heterocycles. The highest BCUT2D eigenvalue weighted by Crippen LogP contribution is 2.25. The van der Waals surface area contributed by atoms with Gasteiger partial charge in [0.1, 0.15) is 10.7 Å². The fourth-order valence-electron chi connectivity index (χ4n) is 0.843. The van der Waals surface area contributed by atoms with E-state index < -0.39 is 31.8 Å². The first-order valence-electron chi connectivity index (χ1n) is 3.34. The van der Waals surface area contributed by atoms with Crippen LogP contribution in [0.1, 0.15) is 12.0 Å². The molecule has 7 heteroatoms. The fraction of sp³-hybridized carbons (Fsp3) is 0.143. The minimum Gasteiger partial charge on any atom is -0.207 e. The van der Waals surface area contributed by atoms with E-state index in [0.29, 0.717) is 12.1 Å². The zero-order valence-electron chi connectivity index (χ0n) is 6.55. The first kappa shape index (κ1) is 11.3. The van der Waals surface area contributed by atoms with E-state index >= 15 is 0 Å². The van der Waals surface area contributed by atoms with E-state index in [1.165, 1.54) is 0 Å².